The monoisotopic (exact) mass is 324 g/mol. The van der Waals surface area contributed by atoms with Gasteiger partial charge in [-0.2, -0.15) is 0 Å². The van der Waals surface area contributed by atoms with Gasteiger partial charge in [-0.15, -0.1) is 0 Å². The summed E-state index contributed by atoms with van der Waals surface area (Å²) in [5.74, 6) is -2.31. The van der Waals surface area contributed by atoms with Gasteiger partial charge in [0.05, 0.1) is 0 Å². The highest BCUT2D eigenvalue weighted by Gasteiger charge is 2.20. The van der Waals surface area contributed by atoms with Gasteiger partial charge in [-0.3, -0.25) is 0 Å². The van der Waals surface area contributed by atoms with Crippen LogP contribution in [0.1, 0.15) is 24.0 Å². The lowest BCUT2D eigenvalue weighted by Gasteiger charge is -2.10. The molecule has 2 aromatic carbocycles. The summed E-state index contributed by atoms with van der Waals surface area (Å²) in [7, 11) is 0. The first-order chi connectivity index (χ1) is 11.6. The molecule has 0 heterocycles. The topological polar surface area (TPSA) is 74.6 Å². The van der Waals surface area contributed by atoms with Crippen LogP contribution in [-0.2, 0) is 22.4 Å². The Hall–Kier alpha value is -2.88. The maximum atomic E-state index is 11.6. The van der Waals surface area contributed by atoms with E-state index in [4.69, 9.17) is 0 Å². The zero-order valence-electron chi connectivity index (χ0n) is 13.3. The number of carbonyl (C=O) groups is 2. The first-order valence-corrected chi connectivity index (χ1v) is 7.84. The second kappa shape index (κ2) is 8.67. The number of benzene rings is 2. The third-order valence-electron chi connectivity index (χ3n) is 3.89. The smallest absolute Gasteiger partial charge is 0.332 e. The summed E-state index contributed by atoms with van der Waals surface area (Å²) in [5.41, 5.74) is 1.96. The SMILES string of the molecule is O=C(O)/C(CCc1ccccc1)=C(\CCc1ccccc1)C(=O)O. The van der Waals surface area contributed by atoms with Crippen LogP contribution in [0.15, 0.2) is 71.8 Å². The maximum Gasteiger partial charge on any atom is 0.332 e. The van der Waals surface area contributed by atoms with E-state index in [-0.39, 0.29) is 24.0 Å². The quantitative estimate of drug-likeness (QED) is 0.726. The number of carboxylic acid groups (broad SMARTS) is 2. The molecule has 24 heavy (non-hydrogen) atoms. The summed E-state index contributed by atoms with van der Waals surface area (Å²) in [6.07, 6.45) is 1.42. The number of carboxylic acids is 2. The first kappa shape index (κ1) is 17.5. The second-order valence-corrected chi connectivity index (χ2v) is 5.54. The Morgan fingerprint density at radius 3 is 1.25 bits per heavy atom. The molecule has 0 saturated carbocycles. The maximum absolute atomic E-state index is 11.6. The Morgan fingerprint density at radius 1 is 0.625 bits per heavy atom. The molecule has 124 valence electrons. The Balaban J connectivity index is 2.16. The number of rotatable bonds is 8. The van der Waals surface area contributed by atoms with Gasteiger partial charge in [0, 0.05) is 11.1 Å². The standard InChI is InChI=1S/C20H20O4/c21-19(22)17(13-11-15-7-3-1-4-8-15)18(20(23)24)14-12-16-9-5-2-6-10-16/h1-10H,11-14H2,(H,21,22)(H,23,24)/b18-17+. The first-order valence-electron chi connectivity index (χ1n) is 7.84. The van der Waals surface area contributed by atoms with Crippen molar-refractivity contribution in [3.05, 3.63) is 82.9 Å². The third-order valence-corrected chi connectivity index (χ3v) is 3.89. The minimum atomic E-state index is -1.16. The molecule has 0 aliphatic carbocycles. The molecule has 4 nitrogen and oxygen atoms in total. The predicted octanol–water partition coefficient (Wildman–Crippen LogP) is 3.72. The van der Waals surface area contributed by atoms with Crippen molar-refractivity contribution in [1.29, 1.82) is 0 Å². The van der Waals surface area contributed by atoms with Crippen LogP contribution >= 0.6 is 0 Å². The van der Waals surface area contributed by atoms with Crippen LogP contribution in [0.25, 0.3) is 0 Å². The van der Waals surface area contributed by atoms with Crippen molar-refractivity contribution in [2.24, 2.45) is 0 Å². The van der Waals surface area contributed by atoms with E-state index < -0.39 is 11.9 Å². The van der Waals surface area contributed by atoms with Crippen LogP contribution in [0.4, 0.5) is 0 Å². The highest BCUT2D eigenvalue weighted by Crippen LogP contribution is 2.19. The molecule has 0 fully saturated rings. The number of hydrogen-bond donors (Lipinski definition) is 2. The molecule has 0 aromatic heterocycles. The van der Waals surface area contributed by atoms with Crippen LogP contribution < -0.4 is 0 Å². The van der Waals surface area contributed by atoms with E-state index in [2.05, 4.69) is 0 Å². The van der Waals surface area contributed by atoms with Crippen molar-refractivity contribution in [3.8, 4) is 0 Å². The Morgan fingerprint density at radius 2 is 0.958 bits per heavy atom. The van der Waals surface area contributed by atoms with Gasteiger partial charge in [0.15, 0.2) is 0 Å². The largest absolute Gasteiger partial charge is 0.478 e. The fourth-order valence-electron chi connectivity index (χ4n) is 2.60. The Kier molecular flexibility index (Phi) is 6.32. The van der Waals surface area contributed by atoms with E-state index >= 15 is 0 Å². The number of aryl methyl sites for hydroxylation is 2. The van der Waals surface area contributed by atoms with Gasteiger partial charge in [-0.05, 0) is 36.8 Å². The van der Waals surface area contributed by atoms with E-state index in [0.717, 1.165) is 11.1 Å². The molecule has 0 bridgehead atoms. The fourth-order valence-corrected chi connectivity index (χ4v) is 2.60. The van der Waals surface area contributed by atoms with Crippen molar-refractivity contribution < 1.29 is 19.8 Å². The summed E-state index contributed by atoms with van der Waals surface area (Å²) >= 11 is 0. The van der Waals surface area contributed by atoms with Gasteiger partial charge in [-0.1, -0.05) is 60.7 Å². The number of hydrogen-bond acceptors (Lipinski definition) is 2. The van der Waals surface area contributed by atoms with E-state index in [1.165, 1.54) is 0 Å². The Labute approximate surface area is 141 Å². The van der Waals surface area contributed by atoms with Gasteiger partial charge in [0.25, 0.3) is 0 Å². The molecule has 0 amide bonds. The average Bonchev–Trinajstić information content (AvgIpc) is 2.59. The van der Waals surface area contributed by atoms with E-state index in [9.17, 15) is 19.8 Å². The minimum absolute atomic E-state index is 0.0118. The molecule has 0 atom stereocenters. The average molecular weight is 324 g/mol. The van der Waals surface area contributed by atoms with Crippen molar-refractivity contribution in [1.82, 2.24) is 0 Å². The third kappa shape index (κ3) is 5.09. The summed E-state index contributed by atoms with van der Waals surface area (Å²) in [6.45, 7) is 0. The van der Waals surface area contributed by atoms with E-state index in [0.29, 0.717) is 12.8 Å². The van der Waals surface area contributed by atoms with Crippen molar-refractivity contribution in [2.45, 2.75) is 25.7 Å². The normalized spacial score (nSPS) is 11.7. The molecule has 0 saturated heterocycles. The lowest BCUT2D eigenvalue weighted by Crippen LogP contribution is -2.13. The molecule has 4 heteroatoms. The molecular weight excluding hydrogens is 304 g/mol. The Bertz CT molecular complexity index is 654. The van der Waals surface area contributed by atoms with Crippen molar-refractivity contribution in [3.63, 3.8) is 0 Å². The zero-order valence-corrected chi connectivity index (χ0v) is 13.3. The number of aliphatic carboxylic acids is 2. The van der Waals surface area contributed by atoms with Crippen LogP contribution in [0.3, 0.4) is 0 Å². The van der Waals surface area contributed by atoms with Gasteiger partial charge in [0.2, 0.25) is 0 Å². The lowest BCUT2D eigenvalue weighted by molar-refractivity contribution is -0.136. The van der Waals surface area contributed by atoms with E-state index in [1.54, 1.807) is 0 Å². The second-order valence-electron chi connectivity index (χ2n) is 5.54. The predicted molar refractivity (Wildman–Crippen MR) is 91.8 cm³/mol. The molecule has 0 aliphatic heterocycles. The highest BCUT2D eigenvalue weighted by molar-refractivity contribution is 5.98. The fraction of sp³-hybridized carbons (Fsp3) is 0.200. The molecule has 0 radical (unpaired) electrons. The molecule has 2 N–H and O–H groups in total. The lowest BCUT2D eigenvalue weighted by atomic mass is 9.95. The molecule has 2 rings (SSSR count). The van der Waals surface area contributed by atoms with Gasteiger partial charge in [-0.25, -0.2) is 9.59 Å². The van der Waals surface area contributed by atoms with Gasteiger partial charge in [0.1, 0.15) is 0 Å². The van der Waals surface area contributed by atoms with Crippen LogP contribution in [0.5, 0.6) is 0 Å². The summed E-state index contributed by atoms with van der Waals surface area (Å²) in [4.78, 5) is 23.1. The summed E-state index contributed by atoms with van der Waals surface area (Å²) in [6, 6.07) is 18.9. The molecule has 0 aliphatic rings. The van der Waals surface area contributed by atoms with Crippen LogP contribution in [-0.4, -0.2) is 22.2 Å². The molecule has 2 aromatic rings. The highest BCUT2D eigenvalue weighted by atomic mass is 16.4. The van der Waals surface area contributed by atoms with Crippen molar-refractivity contribution >= 4 is 11.9 Å². The van der Waals surface area contributed by atoms with Crippen LogP contribution in [0.2, 0.25) is 0 Å². The molecule has 0 unspecified atom stereocenters. The molecule has 0 spiro atoms. The van der Waals surface area contributed by atoms with Crippen molar-refractivity contribution in [2.75, 3.05) is 0 Å². The summed E-state index contributed by atoms with van der Waals surface area (Å²) < 4.78 is 0. The van der Waals surface area contributed by atoms with E-state index in [1.807, 2.05) is 60.7 Å². The minimum Gasteiger partial charge on any atom is -0.478 e. The van der Waals surface area contributed by atoms with Gasteiger partial charge < -0.3 is 10.2 Å². The zero-order chi connectivity index (χ0) is 17.4. The molecular formula is C20H20O4. The summed E-state index contributed by atoms with van der Waals surface area (Å²) in [5, 5.41) is 18.9. The van der Waals surface area contributed by atoms with Crippen LogP contribution in [0, 0.1) is 0 Å². The van der Waals surface area contributed by atoms with Gasteiger partial charge >= 0.3 is 11.9 Å².